The number of hydrogen-bond donors (Lipinski definition) is 2. The molecule has 2 N–H and O–H groups in total. The van der Waals surface area contributed by atoms with Gasteiger partial charge in [0.15, 0.2) is 11.5 Å². The molecule has 0 aliphatic carbocycles. The van der Waals surface area contributed by atoms with Crippen LogP contribution in [0.2, 0.25) is 0 Å². The van der Waals surface area contributed by atoms with Crippen LogP contribution in [0.4, 0.5) is 0 Å². The third kappa shape index (κ3) is 2.77. The summed E-state index contributed by atoms with van der Waals surface area (Å²) in [6, 6.07) is 12.8. The fraction of sp³-hybridized carbons (Fsp3) is 0.200. The van der Waals surface area contributed by atoms with E-state index in [1.54, 1.807) is 21.3 Å². The smallest absolute Gasteiger partial charge is 0.270 e. The van der Waals surface area contributed by atoms with Crippen molar-refractivity contribution < 1.29 is 19.0 Å². The molecule has 3 aromatic rings. The Hall–Kier alpha value is -3.48. The number of nitrogens with one attached hydrogen (secondary N) is 2. The molecule has 0 spiro atoms. The maximum absolute atomic E-state index is 12.4. The van der Waals surface area contributed by atoms with E-state index in [9.17, 15) is 4.79 Å². The summed E-state index contributed by atoms with van der Waals surface area (Å²) < 4.78 is 16.0. The van der Waals surface area contributed by atoms with Gasteiger partial charge in [0.25, 0.3) is 5.91 Å². The van der Waals surface area contributed by atoms with E-state index in [1.165, 1.54) is 0 Å². The number of nitrogens with zero attached hydrogens (tertiary/aromatic N) is 1. The van der Waals surface area contributed by atoms with Crippen molar-refractivity contribution >= 4 is 5.91 Å². The number of ether oxygens (including phenoxy) is 3. The average Bonchev–Trinajstić information content (AvgIpc) is 3.29. The maximum Gasteiger partial charge on any atom is 0.270 e. The summed E-state index contributed by atoms with van der Waals surface area (Å²) in [6.07, 6.45) is 0. The van der Waals surface area contributed by atoms with Crippen LogP contribution in [0.25, 0.3) is 11.3 Å². The Morgan fingerprint density at radius 1 is 0.963 bits per heavy atom. The first-order valence-corrected chi connectivity index (χ1v) is 8.41. The predicted octanol–water partition coefficient (Wildman–Crippen LogP) is 2.94. The van der Waals surface area contributed by atoms with Gasteiger partial charge in [-0.2, -0.15) is 5.10 Å². The van der Waals surface area contributed by atoms with Gasteiger partial charge in [0.2, 0.25) is 0 Å². The molecule has 0 bridgehead atoms. The van der Waals surface area contributed by atoms with Gasteiger partial charge in [0, 0.05) is 11.1 Å². The molecule has 0 radical (unpaired) electrons. The van der Waals surface area contributed by atoms with Crippen LogP contribution in [0.5, 0.6) is 17.2 Å². The fourth-order valence-electron chi connectivity index (χ4n) is 3.35. The zero-order valence-corrected chi connectivity index (χ0v) is 15.2. The molecule has 1 atom stereocenters. The van der Waals surface area contributed by atoms with Gasteiger partial charge in [-0.05, 0) is 29.8 Å². The summed E-state index contributed by atoms with van der Waals surface area (Å²) in [5.74, 6) is 1.77. The first kappa shape index (κ1) is 17.0. The summed E-state index contributed by atoms with van der Waals surface area (Å²) in [5, 5.41) is 10.3. The lowest BCUT2D eigenvalue weighted by Crippen LogP contribution is -2.21. The summed E-state index contributed by atoms with van der Waals surface area (Å²) in [7, 11) is 4.79. The number of hydrogen-bond acceptors (Lipinski definition) is 5. The van der Waals surface area contributed by atoms with Crippen molar-refractivity contribution in [1.29, 1.82) is 0 Å². The SMILES string of the molecule is COc1cccc(-c2n[nH]c3c2[C@H](c2ccc(OC)c(OC)c2)NC3=O)c1. The van der Waals surface area contributed by atoms with Gasteiger partial charge in [-0.1, -0.05) is 18.2 Å². The van der Waals surface area contributed by atoms with Crippen LogP contribution in [0.15, 0.2) is 42.5 Å². The molecule has 1 aromatic heterocycles. The highest BCUT2D eigenvalue weighted by Gasteiger charge is 2.35. The van der Waals surface area contributed by atoms with E-state index < -0.39 is 0 Å². The average molecular weight is 365 g/mol. The Labute approximate surface area is 156 Å². The Morgan fingerprint density at radius 3 is 2.52 bits per heavy atom. The Kier molecular flexibility index (Phi) is 4.19. The second kappa shape index (κ2) is 6.68. The first-order valence-electron chi connectivity index (χ1n) is 8.41. The van der Waals surface area contributed by atoms with Crippen LogP contribution in [-0.2, 0) is 0 Å². The monoisotopic (exact) mass is 365 g/mol. The van der Waals surface area contributed by atoms with Gasteiger partial charge in [-0.25, -0.2) is 0 Å². The van der Waals surface area contributed by atoms with E-state index in [1.807, 2.05) is 42.5 Å². The molecule has 0 unspecified atom stereocenters. The highest BCUT2D eigenvalue weighted by Crippen LogP contribution is 2.40. The van der Waals surface area contributed by atoms with Gasteiger partial charge in [-0.15, -0.1) is 0 Å². The van der Waals surface area contributed by atoms with Crippen molar-refractivity contribution in [2.45, 2.75) is 6.04 Å². The fourth-order valence-corrected chi connectivity index (χ4v) is 3.35. The van der Waals surface area contributed by atoms with E-state index in [2.05, 4.69) is 15.5 Å². The molecule has 1 aliphatic rings. The van der Waals surface area contributed by atoms with Crippen molar-refractivity contribution in [3.63, 3.8) is 0 Å². The summed E-state index contributed by atoms with van der Waals surface area (Å²) in [5.41, 5.74) is 3.73. The third-order valence-electron chi connectivity index (χ3n) is 4.68. The lowest BCUT2D eigenvalue weighted by molar-refractivity contribution is 0.0955. The molecule has 2 heterocycles. The molecule has 138 valence electrons. The molecular formula is C20H19N3O4. The number of rotatable bonds is 5. The molecule has 4 rings (SSSR count). The van der Waals surface area contributed by atoms with E-state index >= 15 is 0 Å². The topological polar surface area (TPSA) is 85.5 Å². The Balaban J connectivity index is 1.82. The third-order valence-corrected chi connectivity index (χ3v) is 4.68. The number of carbonyl (C=O) groups excluding carboxylic acids is 1. The van der Waals surface area contributed by atoms with Gasteiger partial charge >= 0.3 is 0 Å². The van der Waals surface area contributed by atoms with Crippen LogP contribution >= 0.6 is 0 Å². The zero-order valence-electron chi connectivity index (χ0n) is 15.2. The lowest BCUT2D eigenvalue weighted by Gasteiger charge is -2.16. The molecular weight excluding hydrogens is 346 g/mol. The van der Waals surface area contributed by atoms with Crippen LogP contribution < -0.4 is 19.5 Å². The van der Waals surface area contributed by atoms with Gasteiger partial charge in [-0.3, -0.25) is 9.89 Å². The number of benzene rings is 2. The normalized spacial score (nSPS) is 15.2. The Bertz CT molecular complexity index is 1010. The summed E-state index contributed by atoms with van der Waals surface area (Å²) in [4.78, 5) is 12.4. The standard InChI is InChI=1S/C20H19N3O4/c1-25-13-6-4-5-11(9-13)18-16-17(21-20(24)19(16)23-22-18)12-7-8-14(26-2)15(10-12)27-3/h4-10,17H,1-3H3,(H,21,24)(H,22,23)/t17-/m0/s1. The minimum absolute atomic E-state index is 0.188. The number of methoxy groups -OCH3 is 3. The second-order valence-electron chi connectivity index (χ2n) is 6.11. The molecule has 0 fully saturated rings. The van der Waals surface area contributed by atoms with Gasteiger partial charge < -0.3 is 19.5 Å². The van der Waals surface area contributed by atoms with Crippen molar-refractivity contribution in [3.05, 3.63) is 59.3 Å². The number of carbonyl (C=O) groups is 1. The number of amides is 1. The van der Waals surface area contributed by atoms with Crippen molar-refractivity contribution in [3.8, 4) is 28.5 Å². The molecule has 7 heteroatoms. The van der Waals surface area contributed by atoms with Crippen molar-refractivity contribution in [2.75, 3.05) is 21.3 Å². The minimum Gasteiger partial charge on any atom is -0.497 e. The first-order chi connectivity index (χ1) is 13.2. The maximum atomic E-state index is 12.4. The molecule has 2 aromatic carbocycles. The number of fused-ring (bicyclic) bond motifs is 1. The van der Waals surface area contributed by atoms with Crippen LogP contribution in [-0.4, -0.2) is 37.4 Å². The second-order valence-corrected chi connectivity index (χ2v) is 6.11. The van der Waals surface area contributed by atoms with Crippen LogP contribution in [0, 0.1) is 0 Å². The summed E-state index contributed by atoms with van der Waals surface area (Å²) >= 11 is 0. The minimum atomic E-state index is -0.341. The van der Waals surface area contributed by atoms with Crippen LogP contribution in [0.1, 0.15) is 27.7 Å². The summed E-state index contributed by atoms with van der Waals surface area (Å²) in [6.45, 7) is 0. The molecule has 1 amide bonds. The number of aromatic amines is 1. The van der Waals surface area contributed by atoms with E-state index in [0.717, 1.165) is 22.4 Å². The van der Waals surface area contributed by atoms with E-state index in [0.29, 0.717) is 22.9 Å². The largest absolute Gasteiger partial charge is 0.497 e. The molecule has 1 aliphatic heterocycles. The van der Waals surface area contributed by atoms with Crippen LogP contribution in [0.3, 0.4) is 0 Å². The Morgan fingerprint density at radius 2 is 1.78 bits per heavy atom. The quantitative estimate of drug-likeness (QED) is 0.726. The number of H-pyrrole nitrogens is 1. The number of aromatic nitrogens is 2. The van der Waals surface area contributed by atoms with E-state index in [-0.39, 0.29) is 11.9 Å². The molecule has 0 saturated carbocycles. The zero-order chi connectivity index (χ0) is 19.0. The highest BCUT2D eigenvalue weighted by atomic mass is 16.5. The lowest BCUT2D eigenvalue weighted by atomic mass is 9.96. The predicted molar refractivity (Wildman–Crippen MR) is 99.4 cm³/mol. The van der Waals surface area contributed by atoms with Crippen molar-refractivity contribution in [1.82, 2.24) is 15.5 Å². The van der Waals surface area contributed by atoms with Crippen molar-refractivity contribution in [2.24, 2.45) is 0 Å². The molecule has 0 saturated heterocycles. The van der Waals surface area contributed by atoms with Gasteiger partial charge in [0.1, 0.15) is 11.4 Å². The van der Waals surface area contributed by atoms with E-state index in [4.69, 9.17) is 14.2 Å². The highest BCUT2D eigenvalue weighted by molar-refractivity contribution is 6.00. The molecule has 27 heavy (non-hydrogen) atoms. The van der Waals surface area contributed by atoms with Gasteiger partial charge in [0.05, 0.1) is 33.1 Å². The molecule has 7 nitrogen and oxygen atoms in total.